The van der Waals surface area contributed by atoms with Crippen molar-refractivity contribution in [2.45, 2.75) is 6.92 Å². The fraction of sp³-hybridized carbons (Fsp3) is 0.143. The zero-order chi connectivity index (χ0) is 12.4. The van der Waals surface area contributed by atoms with Crippen molar-refractivity contribution in [3.05, 3.63) is 47.8 Å². The van der Waals surface area contributed by atoms with Crippen molar-refractivity contribution in [3.8, 4) is 22.6 Å². The van der Waals surface area contributed by atoms with Gasteiger partial charge in [-0.05, 0) is 42.3 Å². The lowest BCUT2D eigenvalue weighted by atomic mass is 10.0. The quantitative estimate of drug-likeness (QED) is 0.858. The molecule has 0 spiro atoms. The van der Waals surface area contributed by atoms with E-state index in [9.17, 15) is 9.50 Å². The van der Waals surface area contributed by atoms with Crippen LogP contribution in [0.15, 0.2) is 36.4 Å². The maximum absolute atomic E-state index is 13.3. The maximum atomic E-state index is 13.3. The summed E-state index contributed by atoms with van der Waals surface area (Å²) in [4.78, 5) is 0. The van der Waals surface area contributed by atoms with E-state index in [2.05, 4.69) is 0 Å². The van der Waals surface area contributed by atoms with Gasteiger partial charge >= 0.3 is 0 Å². The number of phenolic OH excluding ortho intramolecular Hbond substituents is 1. The summed E-state index contributed by atoms with van der Waals surface area (Å²) in [5, 5.41) is 9.86. The Morgan fingerprint density at radius 3 is 2.47 bits per heavy atom. The highest BCUT2D eigenvalue weighted by Crippen LogP contribution is 2.33. The highest BCUT2D eigenvalue weighted by molar-refractivity contribution is 5.71. The number of ether oxygens (including phenoxy) is 1. The molecule has 0 atom stereocenters. The Labute approximate surface area is 99.3 Å². The third kappa shape index (κ3) is 2.38. The summed E-state index contributed by atoms with van der Waals surface area (Å²) in [5.74, 6) is 0.337. The van der Waals surface area contributed by atoms with E-state index in [-0.39, 0.29) is 11.6 Å². The lowest BCUT2D eigenvalue weighted by molar-refractivity contribution is 0.408. The molecule has 0 aliphatic rings. The zero-order valence-corrected chi connectivity index (χ0v) is 9.70. The monoisotopic (exact) mass is 232 g/mol. The minimum atomic E-state index is -0.310. The van der Waals surface area contributed by atoms with Crippen molar-refractivity contribution in [3.63, 3.8) is 0 Å². The van der Waals surface area contributed by atoms with Crippen LogP contribution in [-0.2, 0) is 0 Å². The number of aromatic hydroxyl groups is 1. The number of phenols is 1. The van der Waals surface area contributed by atoms with Crippen LogP contribution in [0.1, 0.15) is 5.56 Å². The van der Waals surface area contributed by atoms with E-state index in [1.165, 1.54) is 25.3 Å². The molecule has 0 unspecified atom stereocenters. The molecule has 0 radical (unpaired) electrons. The average molecular weight is 232 g/mol. The van der Waals surface area contributed by atoms with Gasteiger partial charge in [0, 0.05) is 11.6 Å². The van der Waals surface area contributed by atoms with E-state index >= 15 is 0 Å². The Morgan fingerprint density at radius 1 is 1.12 bits per heavy atom. The van der Waals surface area contributed by atoms with Crippen LogP contribution in [0, 0.1) is 12.7 Å². The Hall–Kier alpha value is -2.03. The van der Waals surface area contributed by atoms with E-state index in [1.54, 1.807) is 12.1 Å². The summed E-state index contributed by atoms with van der Waals surface area (Å²) in [6.07, 6.45) is 0. The maximum Gasteiger partial charge on any atom is 0.127 e. The molecule has 0 heterocycles. The number of halogens is 1. The normalized spacial score (nSPS) is 10.3. The van der Waals surface area contributed by atoms with Gasteiger partial charge in [-0.15, -0.1) is 0 Å². The molecule has 1 N–H and O–H groups in total. The van der Waals surface area contributed by atoms with Crippen LogP contribution in [0.25, 0.3) is 11.1 Å². The van der Waals surface area contributed by atoms with Crippen LogP contribution in [-0.4, -0.2) is 12.2 Å². The van der Waals surface area contributed by atoms with Crippen LogP contribution >= 0.6 is 0 Å². The van der Waals surface area contributed by atoms with Gasteiger partial charge in [0.25, 0.3) is 0 Å². The number of aryl methyl sites for hydroxylation is 1. The first-order valence-electron chi connectivity index (χ1n) is 5.25. The molecular weight excluding hydrogens is 219 g/mol. The SMILES string of the molecule is COc1ccc(-c2cc(C)cc(F)c2)c(O)c1. The predicted octanol–water partition coefficient (Wildman–Crippen LogP) is 3.52. The van der Waals surface area contributed by atoms with E-state index in [4.69, 9.17) is 4.74 Å². The van der Waals surface area contributed by atoms with Gasteiger partial charge in [-0.25, -0.2) is 4.39 Å². The second-order valence-electron chi connectivity index (χ2n) is 3.90. The standard InChI is InChI=1S/C14H13FO2/c1-9-5-10(7-11(15)6-9)13-4-3-12(17-2)8-14(13)16/h3-8,16H,1-2H3. The first kappa shape index (κ1) is 11.5. The summed E-state index contributed by atoms with van der Waals surface area (Å²) in [6.45, 7) is 1.81. The number of methoxy groups -OCH3 is 1. The topological polar surface area (TPSA) is 29.5 Å². The van der Waals surface area contributed by atoms with Crippen LogP contribution < -0.4 is 4.74 Å². The minimum absolute atomic E-state index is 0.0781. The van der Waals surface area contributed by atoms with Crippen molar-refractivity contribution in [1.82, 2.24) is 0 Å². The first-order chi connectivity index (χ1) is 8.10. The highest BCUT2D eigenvalue weighted by Gasteiger charge is 2.07. The largest absolute Gasteiger partial charge is 0.507 e. The predicted molar refractivity (Wildman–Crippen MR) is 64.8 cm³/mol. The molecule has 0 saturated heterocycles. The number of hydrogen-bond acceptors (Lipinski definition) is 2. The molecule has 17 heavy (non-hydrogen) atoms. The molecule has 0 aromatic heterocycles. The minimum Gasteiger partial charge on any atom is -0.507 e. The summed E-state index contributed by atoms with van der Waals surface area (Å²) in [7, 11) is 1.53. The molecule has 0 amide bonds. The first-order valence-corrected chi connectivity index (χ1v) is 5.25. The van der Waals surface area contributed by atoms with Crippen molar-refractivity contribution < 1.29 is 14.2 Å². The molecule has 2 aromatic carbocycles. The summed E-state index contributed by atoms with van der Waals surface area (Å²) < 4.78 is 18.3. The van der Waals surface area contributed by atoms with Crippen LogP contribution in [0.4, 0.5) is 4.39 Å². The number of hydrogen-bond donors (Lipinski definition) is 1. The van der Waals surface area contributed by atoms with Crippen molar-refractivity contribution in [2.24, 2.45) is 0 Å². The molecule has 0 fully saturated rings. The van der Waals surface area contributed by atoms with Crippen LogP contribution in [0.3, 0.4) is 0 Å². The second-order valence-corrected chi connectivity index (χ2v) is 3.90. The molecular formula is C14H13FO2. The summed E-state index contributed by atoms with van der Waals surface area (Å²) in [5.41, 5.74) is 2.06. The van der Waals surface area contributed by atoms with E-state index in [1.807, 2.05) is 13.0 Å². The fourth-order valence-electron chi connectivity index (χ4n) is 1.77. The van der Waals surface area contributed by atoms with E-state index in [0.29, 0.717) is 16.9 Å². The van der Waals surface area contributed by atoms with Crippen molar-refractivity contribution in [2.75, 3.05) is 7.11 Å². The van der Waals surface area contributed by atoms with E-state index in [0.717, 1.165) is 5.56 Å². The Morgan fingerprint density at radius 2 is 1.88 bits per heavy atom. The lowest BCUT2D eigenvalue weighted by Crippen LogP contribution is -1.86. The van der Waals surface area contributed by atoms with Crippen molar-refractivity contribution >= 4 is 0 Å². The Bertz CT molecular complexity index is 530. The molecule has 2 nitrogen and oxygen atoms in total. The fourth-order valence-corrected chi connectivity index (χ4v) is 1.77. The third-order valence-electron chi connectivity index (χ3n) is 2.56. The molecule has 2 aromatic rings. The van der Waals surface area contributed by atoms with Crippen LogP contribution in [0.5, 0.6) is 11.5 Å². The lowest BCUT2D eigenvalue weighted by Gasteiger charge is -2.08. The van der Waals surface area contributed by atoms with Gasteiger partial charge in [0.05, 0.1) is 7.11 Å². The van der Waals surface area contributed by atoms with Gasteiger partial charge in [0.1, 0.15) is 17.3 Å². The molecule has 0 aliphatic carbocycles. The molecule has 2 rings (SSSR count). The van der Waals surface area contributed by atoms with Gasteiger partial charge in [-0.2, -0.15) is 0 Å². The van der Waals surface area contributed by atoms with Gasteiger partial charge < -0.3 is 9.84 Å². The average Bonchev–Trinajstić information content (AvgIpc) is 2.27. The molecule has 0 bridgehead atoms. The molecule has 88 valence electrons. The smallest absolute Gasteiger partial charge is 0.127 e. The zero-order valence-electron chi connectivity index (χ0n) is 9.70. The van der Waals surface area contributed by atoms with Crippen molar-refractivity contribution in [1.29, 1.82) is 0 Å². The number of rotatable bonds is 2. The summed E-state index contributed by atoms with van der Waals surface area (Å²) >= 11 is 0. The second kappa shape index (κ2) is 4.45. The van der Waals surface area contributed by atoms with Gasteiger partial charge in [0.2, 0.25) is 0 Å². The number of benzene rings is 2. The Kier molecular flexibility index (Phi) is 3.00. The van der Waals surface area contributed by atoms with E-state index < -0.39 is 0 Å². The third-order valence-corrected chi connectivity index (χ3v) is 2.56. The molecule has 0 saturated carbocycles. The van der Waals surface area contributed by atoms with Gasteiger partial charge in [0.15, 0.2) is 0 Å². The van der Waals surface area contributed by atoms with Gasteiger partial charge in [-0.1, -0.05) is 6.07 Å². The Balaban J connectivity index is 2.52. The van der Waals surface area contributed by atoms with Gasteiger partial charge in [-0.3, -0.25) is 0 Å². The van der Waals surface area contributed by atoms with Crippen LogP contribution in [0.2, 0.25) is 0 Å². The highest BCUT2D eigenvalue weighted by atomic mass is 19.1. The molecule has 3 heteroatoms. The summed E-state index contributed by atoms with van der Waals surface area (Å²) in [6, 6.07) is 9.62. The molecule has 0 aliphatic heterocycles.